The first-order valence-electron chi connectivity index (χ1n) is 5.51. The van der Waals surface area contributed by atoms with E-state index in [1.54, 1.807) is 11.8 Å². The Hall–Kier alpha value is -0.750. The molecule has 1 saturated heterocycles. The summed E-state index contributed by atoms with van der Waals surface area (Å²) in [5, 5.41) is 14.9. The molecule has 0 aromatic heterocycles. The molecule has 0 radical (unpaired) electrons. The summed E-state index contributed by atoms with van der Waals surface area (Å²) in [6.07, 6.45) is 1.97. The number of carboxylic acid groups (broad SMARTS) is 1. The Bertz CT molecular complexity index is 298. The van der Waals surface area contributed by atoms with Crippen molar-refractivity contribution < 1.29 is 14.7 Å². The molecule has 1 atom stereocenters. The van der Waals surface area contributed by atoms with Crippen molar-refractivity contribution in [3.05, 3.63) is 0 Å². The average Bonchev–Trinajstić information content (AvgIpc) is 2.24. The quantitative estimate of drug-likeness (QED) is 0.641. The first-order chi connectivity index (χ1) is 7.64. The molecule has 0 spiro atoms. The molecule has 2 rings (SSSR count). The van der Waals surface area contributed by atoms with E-state index in [2.05, 4.69) is 10.6 Å². The van der Waals surface area contributed by atoms with Crippen molar-refractivity contribution >= 4 is 23.6 Å². The SMILES string of the molecule is O=C(NC1(C(=O)O)CCC1)C1CSCCN1. The highest BCUT2D eigenvalue weighted by atomic mass is 32.2. The minimum atomic E-state index is -0.985. The fraction of sp³-hybridized carbons (Fsp3) is 0.800. The summed E-state index contributed by atoms with van der Waals surface area (Å²) in [5.74, 6) is 0.653. The molecule has 1 aliphatic heterocycles. The van der Waals surface area contributed by atoms with Crippen LogP contribution < -0.4 is 10.6 Å². The van der Waals surface area contributed by atoms with Crippen LogP contribution in [-0.4, -0.2) is 46.6 Å². The van der Waals surface area contributed by atoms with Gasteiger partial charge in [-0.15, -0.1) is 0 Å². The maximum Gasteiger partial charge on any atom is 0.329 e. The monoisotopic (exact) mass is 244 g/mol. The summed E-state index contributed by atoms with van der Waals surface area (Å²) in [4.78, 5) is 22.9. The Morgan fingerprint density at radius 2 is 2.19 bits per heavy atom. The highest BCUT2D eigenvalue weighted by molar-refractivity contribution is 7.99. The van der Waals surface area contributed by atoms with E-state index in [1.165, 1.54) is 0 Å². The van der Waals surface area contributed by atoms with E-state index >= 15 is 0 Å². The zero-order valence-electron chi connectivity index (χ0n) is 8.99. The molecular formula is C10H16N2O3S. The van der Waals surface area contributed by atoms with Crippen molar-refractivity contribution in [2.24, 2.45) is 0 Å². The second kappa shape index (κ2) is 4.63. The van der Waals surface area contributed by atoms with Crippen molar-refractivity contribution in [3.63, 3.8) is 0 Å². The Morgan fingerprint density at radius 3 is 2.62 bits per heavy atom. The third kappa shape index (κ3) is 2.17. The van der Waals surface area contributed by atoms with Crippen molar-refractivity contribution in [2.75, 3.05) is 18.1 Å². The Kier molecular flexibility index (Phi) is 3.39. The first-order valence-corrected chi connectivity index (χ1v) is 6.66. The van der Waals surface area contributed by atoms with Gasteiger partial charge in [0.2, 0.25) is 5.91 Å². The predicted octanol–water partition coefficient (Wildman–Crippen LogP) is -0.185. The highest BCUT2D eigenvalue weighted by Gasteiger charge is 2.46. The number of hydrogen-bond acceptors (Lipinski definition) is 4. The molecule has 0 bridgehead atoms. The Morgan fingerprint density at radius 1 is 1.44 bits per heavy atom. The third-order valence-corrected chi connectivity index (χ3v) is 4.28. The van der Waals surface area contributed by atoms with Gasteiger partial charge in [-0.25, -0.2) is 4.79 Å². The summed E-state index contributed by atoms with van der Waals surface area (Å²) in [5.41, 5.74) is -0.985. The van der Waals surface area contributed by atoms with Gasteiger partial charge in [-0.05, 0) is 19.3 Å². The summed E-state index contributed by atoms with van der Waals surface area (Å²) < 4.78 is 0. The van der Waals surface area contributed by atoms with Crippen LogP contribution in [0.4, 0.5) is 0 Å². The van der Waals surface area contributed by atoms with Gasteiger partial charge in [0, 0.05) is 18.1 Å². The van der Waals surface area contributed by atoms with Crippen LogP contribution in [0.5, 0.6) is 0 Å². The summed E-state index contributed by atoms with van der Waals surface area (Å²) in [6, 6.07) is -0.240. The summed E-state index contributed by atoms with van der Waals surface area (Å²) >= 11 is 1.72. The van der Waals surface area contributed by atoms with E-state index in [1.807, 2.05) is 0 Å². The highest BCUT2D eigenvalue weighted by Crippen LogP contribution is 2.32. The van der Waals surface area contributed by atoms with E-state index in [-0.39, 0.29) is 11.9 Å². The summed E-state index contributed by atoms with van der Waals surface area (Å²) in [6.45, 7) is 0.808. The fourth-order valence-electron chi connectivity index (χ4n) is 1.98. The lowest BCUT2D eigenvalue weighted by Crippen LogP contribution is -2.63. The second-order valence-electron chi connectivity index (χ2n) is 4.31. The van der Waals surface area contributed by atoms with Crippen LogP contribution in [0.2, 0.25) is 0 Å². The van der Waals surface area contributed by atoms with Crippen LogP contribution in [0.25, 0.3) is 0 Å². The normalized spacial score (nSPS) is 27.9. The minimum absolute atomic E-state index is 0.172. The molecule has 5 nitrogen and oxygen atoms in total. The van der Waals surface area contributed by atoms with Crippen LogP contribution in [0.15, 0.2) is 0 Å². The molecule has 3 N–H and O–H groups in total. The van der Waals surface area contributed by atoms with E-state index < -0.39 is 11.5 Å². The molecule has 0 aromatic rings. The number of aliphatic carboxylic acids is 1. The Balaban J connectivity index is 1.92. The molecule has 6 heteroatoms. The Labute approximate surface area is 98.4 Å². The maximum atomic E-state index is 11.9. The van der Waals surface area contributed by atoms with Crippen molar-refractivity contribution in [3.8, 4) is 0 Å². The van der Waals surface area contributed by atoms with Crippen LogP contribution in [0, 0.1) is 0 Å². The van der Waals surface area contributed by atoms with Crippen LogP contribution in [0.3, 0.4) is 0 Å². The third-order valence-electron chi connectivity index (χ3n) is 3.22. The van der Waals surface area contributed by atoms with Gasteiger partial charge in [-0.3, -0.25) is 4.79 Å². The lowest BCUT2D eigenvalue weighted by Gasteiger charge is -2.39. The van der Waals surface area contributed by atoms with Gasteiger partial charge in [0.1, 0.15) is 5.54 Å². The topological polar surface area (TPSA) is 78.4 Å². The zero-order chi connectivity index (χ0) is 11.6. The predicted molar refractivity (Wildman–Crippen MR) is 61.5 cm³/mol. The van der Waals surface area contributed by atoms with Gasteiger partial charge in [-0.2, -0.15) is 11.8 Å². The maximum absolute atomic E-state index is 11.9. The largest absolute Gasteiger partial charge is 0.480 e. The minimum Gasteiger partial charge on any atom is -0.480 e. The van der Waals surface area contributed by atoms with Gasteiger partial charge in [0.25, 0.3) is 0 Å². The van der Waals surface area contributed by atoms with Crippen LogP contribution in [0.1, 0.15) is 19.3 Å². The van der Waals surface area contributed by atoms with Crippen molar-refractivity contribution in [2.45, 2.75) is 30.8 Å². The number of hydrogen-bond donors (Lipinski definition) is 3. The van der Waals surface area contributed by atoms with E-state index in [9.17, 15) is 9.59 Å². The van der Waals surface area contributed by atoms with Crippen LogP contribution in [-0.2, 0) is 9.59 Å². The van der Waals surface area contributed by atoms with E-state index in [4.69, 9.17) is 5.11 Å². The van der Waals surface area contributed by atoms with E-state index in [0.29, 0.717) is 12.8 Å². The molecule has 16 heavy (non-hydrogen) atoms. The van der Waals surface area contributed by atoms with Gasteiger partial charge in [0.05, 0.1) is 6.04 Å². The number of rotatable bonds is 3. The smallest absolute Gasteiger partial charge is 0.329 e. The molecule has 2 fully saturated rings. The number of carboxylic acids is 1. The molecule has 1 aliphatic carbocycles. The number of carbonyl (C=O) groups excluding carboxylic acids is 1. The number of amides is 1. The molecule has 0 aromatic carbocycles. The first kappa shape index (κ1) is 11.7. The van der Waals surface area contributed by atoms with Gasteiger partial charge in [0.15, 0.2) is 0 Å². The van der Waals surface area contributed by atoms with Gasteiger partial charge in [-0.1, -0.05) is 0 Å². The fourth-order valence-corrected chi connectivity index (χ4v) is 2.91. The van der Waals surface area contributed by atoms with Gasteiger partial charge >= 0.3 is 5.97 Å². The summed E-state index contributed by atoms with van der Waals surface area (Å²) in [7, 11) is 0. The van der Waals surface area contributed by atoms with Crippen LogP contribution >= 0.6 is 11.8 Å². The molecule has 1 amide bonds. The van der Waals surface area contributed by atoms with Crippen molar-refractivity contribution in [1.82, 2.24) is 10.6 Å². The molecular weight excluding hydrogens is 228 g/mol. The zero-order valence-corrected chi connectivity index (χ0v) is 9.81. The van der Waals surface area contributed by atoms with Crippen molar-refractivity contribution in [1.29, 1.82) is 0 Å². The molecule has 1 saturated carbocycles. The molecule has 1 heterocycles. The lowest BCUT2D eigenvalue weighted by atomic mass is 9.76. The van der Waals surface area contributed by atoms with E-state index in [0.717, 1.165) is 24.5 Å². The standard InChI is InChI=1S/C10H16N2O3S/c13-8(7-6-16-5-4-11-7)12-10(9(14)15)2-1-3-10/h7,11H,1-6H2,(H,12,13)(H,14,15). The molecule has 90 valence electrons. The lowest BCUT2D eigenvalue weighted by molar-refractivity contribution is -0.152. The van der Waals surface area contributed by atoms with Gasteiger partial charge < -0.3 is 15.7 Å². The molecule has 2 aliphatic rings. The average molecular weight is 244 g/mol. The second-order valence-corrected chi connectivity index (χ2v) is 5.46. The number of thioether (sulfide) groups is 1. The number of nitrogens with one attached hydrogen (secondary N) is 2. The number of carbonyl (C=O) groups is 2. The molecule has 1 unspecified atom stereocenters.